The largest absolute Gasteiger partial charge is 0.496 e. The summed E-state index contributed by atoms with van der Waals surface area (Å²) < 4.78 is 5.28. The molecule has 0 aliphatic heterocycles. The first kappa shape index (κ1) is 17.5. The van der Waals surface area contributed by atoms with Crippen LogP contribution in [0.4, 0.5) is 5.69 Å². The lowest BCUT2D eigenvalue weighted by molar-refractivity contribution is 0.101. The molecule has 24 heavy (non-hydrogen) atoms. The summed E-state index contributed by atoms with van der Waals surface area (Å²) in [6.07, 6.45) is 1.65. The molecule has 0 saturated carbocycles. The maximum Gasteiger partial charge on any atom is 0.159 e. The van der Waals surface area contributed by atoms with Crippen LogP contribution >= 0.6 is 0 Å². The Hall–Kier alpha value is -2.82. The number of anilines is 1. The van der Waals surface area contributed by atoms with E-state index in [9.17, 15) is 4.79 Å². The van der Waals surface area contributed by atoms with E-state index < -0.39 is 0 Å². The van der Waals surface area contributed by atoms with Crippen LogP contribution in [0.25, 0.3) is 0 Å². The van der Waals surface area contributed by atoms with Crippen LogP contribution in [-0.4, -0.2) is 33.2 Å². The molecule has 2 aromatic rings. The van der Waals surface area contributed by atoms with Gasteiger partial charge in [0.15, 0.2) is 5.78 Å². The van der Waals surface area contributed by atoms with Gasteiger partial charge in [-0.05, 0) is 42.8 Å². The van der Waals surface area contributed by atoms with Gasteiger partial charge in [-0.2, -0.15) is 0 Å². The van der Waals surface area contributed by atoms with Gasteiger partial charge in [0.2, 0.25) is 0 Å². The standard InChI is InChI=1S/C19H22N2O3/c1-14(22)16-7-10-19(23-4)17(11-16)13-24-20-12-15-5-8-18(9-6-15)21(2)3/h5-12H,13H2,1-4H3. The van der Waals surface area contributed by atoms with Gasteiger partial charge in [0, 0.05) is 30.9 Å². The van der Waals surface area contributed by atoms with E-state index in [0.717, 1.165) is 16.8 Å². The monoisotopic (exact) mass is 326 g/mol. The number of rotatable bonds is 7. The Balaban J connectivity index is 2.00. The molecule has 5 heteroatoms. The normalized spacial score (nSPS) is 10.7. The Morgan fingerprint density at radius 2 is 1.88 bits per heavy atom. The zero-order chi connectivity index (χ0) is 17.5. The number of carbonyl (C=O) groups is 1. The summed E-state index contributed by atoms with van der Waals surface area (Å²) in [6, 6.07) is 13.2. The summed E-state index contributed by atoms with van der Waals surface area (Å²) in [5.41, 5.74) is 3.48. The maximum atomic E-state index is 11.5. The molecule has 0 saturated heterocycles. The molecule has 0 bridgehead atoms. The third-order valence-electron chi connectivity index (χ3n) is 3.59. The highest BCUT2D eigenvalue weighted by molar-refractivity contribution is 5.94. The van der Waals surface area contributed by atoms with Crippen LogP contribution in [0.15, 0.2) is 47.6 Å². The van der Waals surface area contributed by atoms with Crippen molar-refractivity contribution < 1.29 is 14.4 Å². The lowest BCUT2D eigenvalue weighted by Crippen LogP contribution is -2.08. The average Bonchev–Trinajstić information content (AvgIpc) is 2.58. The second-order valence-corrected chi connectivity index (χ2v) is 5.58. The lowest BCUT2D eigenvalue weighted by Gasteiger charge is -2.11. The fourth-order valence-corrected chi connectivity index (χ4v) is 2.17. The molecule has 0 radical (unpaired) electrons. The summed E-state index contributed by atoms with van der Waals surface area (Å²) in [7, 11) is 5.57. The molecule has 0 heterocycles. The molecule has 126 valence electrons. The minimum absolute atomic E-state index is 0.00314. The van der Waals surface area contributed by atoms with E-state index in [-0.39, 0.29) is 12.4 Å². The Morgan fingerprint density at radius 3 is 2.46 bits per heavy atom. The number of benzene rings is 2. The topological polar surface area (TPSA) is 51.1 Å². The van der Waals surface area contributed by atoms with Gasteiger partial charge in [-0.1, -0.05) is 17.3 Å². The van der Waals surface area contributed by atoms with Crippen LogP contribution in [0.1, 0.15) is 28.4 Å². The molecular formula is C19H22N2O3. The van der Waals surface area contributed by atoms with Crippen LogP contribution in [0, 0.1) is 0 Å². The second-order valence-electron chi connectivity index (χ2n) is 5.58. The minimum Gasteiger partial charge on any atom is -0.496 e. The Morgan fingerprint density at radius 1 is 1.17 bits per heavy atom. The van der Waals surface area contributed by atoms with Crippen molar-refractivity contribution in [2.24, 2.45) is 5.16 Å². The number of Topliss-reactive ketones (excluding diaryl/α,β-unsaturated/α-hetero) is 1. The van der Waals surface area contributed by atoms with Gasteiger partial charge >= 0.3 is 0 Å². The lowest BCUT2D eigenvalue weighted by atomic mass is 10.1. The number of ether oxygens (including phenoxy) is 1. The number of hydrogen-bond donors (Lipinski definition) is 0. The first-order chi connectivity index (χ1) is 11.5. The van der Waals surface area contributed by atoms with E-state index in [1.807, 2.05) is 43.3 Å². The summed E-state index contributed by atoms with van der Waals surface area (Å²) >= 11 is 0. The summed E-state index contributed by atoms with van der Waals surface area (Å²) in [6.45, 7) is 1.76. The van der Waals surface area contributed by atoms with Crippen molar-refractivity contribution >= 4 is 17.7 Å². The van der Waals surface area contributed by atoms with Crippen LogP contribution in [-0.2, 0) is 11.4 Å². The number of methoxy groups -OCH3 is 1. The maximum absolute atomic E-state index is 11.5. The van der Waals surface area contributed by atoms with Crippen molar-refractivity contribution in [2.45, 2.75) is 13.5 Å². The van der Waals surface area contributed by atoms with Gasteiger partial charge in [0.1, 0.15) is 12.4 Å². The number of ketones is 1. The highest BCUT2D eigenvalue weighted by Gasteiger charge is 2.07. The van der Waals surface area contributed by atoms with Crippen LogP contribution in [0.2, 0.25) is 0 Å². The van der Waals surface area contributed by atoms with Crippen molar-refractivity contribution in [2.75, 3.05) is 26.1 Å². The fraction of sp³-hybridized carbons (Fsp3) is 0.263. The number of hydrogen-bond acceptors (Lipinski definition) is 5. The molecule has 0 atom stereocenters. The van der Waals surface area contributed by atoms with Gasteiger partial charge < -0.3 is 14.5 Å². The molecule has 0 aliphatic rings. The van der Waals surface area contributed by atoms with E-state index in [2.05, 4.69) is 5.16 Å². The number of carbonyl (C=O) groups excluding carboxylic acids is 1. The predicted molar refractivity (Wildman–Crippen MR) is 96.2 cm³/mol. The van der Waals surface area contributed by atoms with Crippen molar-refractivity contribution in [3.8, 4) is 5.75 Å². The number of nitrogens with zero attached hydrogens (tertiary/aromatic N) is 2. The smallest absolute Gasteiger partial charge is 0.159 e. The fourth-order valence-electron chi connectivity index (χ4n) is 2.17. The third kappa shape index (κ3) is 4.59. The van der Waals surface area contributed by atoms with E-state index in [1.54, 1.807) is 31.5 Å². The zero-order valence-corrected chi connectivity index (χ0v) is 14.4. The molecule has 0 N–H and O–H groups in total. The quantitative estimate of drug-likeness (QED) is 0.444. The van der Waals surface area contributed by atoms with E-state index >= 15 is 0 Å². The summed E-state index contributed by atoms with van der Waals surface area (Å²) in [5, 5.41) is 3.98. The van der Waals surface area contributed by atoms with Crippen LogP contribution in [0.3, 0.4) is 0 Å². The molecule has 0 spiro atoms. The van der Waals surface area contributed by atoms with Gasteiger partial charge in [0.25, 0.3) is 0 Å². The van der Waals surface area contributed by atoms with Gasteiger partial charge in [-0.25, -0.2) is 0 Å². The van der Waals surface area contributed by atoms with Crippen LogP contribution in [0.5, 0.6) is 5.75 Å². The second kappa shape index (κ2) is 8.15. The predicted octanol–water partition coefficient (Wildman–Crippen LogP) is 3.51. The van der Waals surface area contributed by atoms with Gasteiger partial charge in [-0.3, -0.25) is 4.79 Å². The SMILES string of the molecule is COc1ccc(C(C)=O)cc1CON=Cc1ccc(N(C)C)cc1. The van der Waals surface area contributed by atoms with Crippen molar-refractivity contribution in [3.63, 3.8) is 0 Å². The highest BCUT2D eigenvalue weighted by atomic mass is 16.6. The van der Waals surface area contributed by atoms with E-state index in [4.69, 9.17) is 9.57 Å². The first-order valence-electron chi connectivity index (χ1n) is 7.62. The molecule has 2 aromatic carbocycles. The Labute approximate surface area is 142 Å². The Kier molecular flexibility index (Phi) is 5.95. The zero-order valence-electron chi connectivity index (χ0n) is 14.4. The van der Waals surface area contributed by atoms with Crippen molar-refractivity contribution in [3.05, 3.63) is 59.2 Å². The highest BCUT2D eigenvalue weighted by Crippen LogP contribution is 2.21. The van der Waals surface area contributed by atoms with E-state index in [1.165, 1.54) is 6.92 Å². The minimum atomic E-state index is 0.00314. The molecule has 0 aliphatic carbocycles. The van der Waals surface area contributed by atoms with Crippen molar-refractivity contribution in [1.82, 2.24) is 0 Å². The summed E-state index contributed by atoms with van der Waals surface area (Å²) in [5.74, 6) is 0.675. The van der Waals surface area contributed by atoms with Crippen molar-refractivity contribution in [1.29, 1.82) is 0 Å². The molecule has 0 fully saturated rings. The third-order valence-corrected chi connectivity index (χ3v) is 3.59. The average molecular weight is 326 g/mol. The first-order valence-corrected chi connectivity index (χ1v) is 7.62. The molecule has 0 aromatic heterocycles. The van der Waals surface area contributed by atoms with Crippen LogP contribution < -0.4 is 9.64 Å². The van der Waals surface area contributed by atoms with Gasteiger partial charge in [-0.15, -0.1) is 0 Å². The molecule has 5 nitrogen and oxygen atoms in total. The molecule has 2 rings (SSSR count). The molecule has 0 amide bonds. The summed E-state index contributed by atoms with van der Waals surface area (Å²) in [4.78, 5) is 18.9. The van der Waals surface area contributed by atoms with E-state index in [0.29, 0.717) is 11.3 Å². The molecular weight excluding hydrogens is 304 g/mol. The molecule has 0 unspecified atom stereocenters. The Bertz CT molecular complexity index is 722. The number of oxime groups is 1. The van der Waals surface area contributed by atoms with Gasteiger partial charge in [0.05, 0.1) is 13.3 Å².